The summed E-state index contributed by atoms with van der Waals surface area (Å²) in [5.41, 5.74) is 3.86. The van der Waals surface area contributed by atoms with Crippen molar-refractivity contribution in [2.75, 3.05) is 37.6 Å². The van der Waals surface area contributed by atoms with Crippen LogP contribution in [0.25, 0.3) is 0 Å². The Labute approximate surface area is 122 Å². The molecule has 0 amide bonds. The Hall–Kier alpha value is -1.35. The van der Waals surface area contributed by atoms with E-state index < -0.39 is 0 Å². The average molecular weight is 274 g/mol. The monoisotopic (exact) mass is 274 g/mol. The van der Waals surface area contributed by atoms with Crippen LogP contribution in [0.2, 0.25) is 0 Å². The molecule has 1 aromatic rings. The molecular formula is C17H26N2O. The Bertz CT molecular complexity index is 474. The van der Waals surface area contributed by atoms with Gasteiger partial charge in [-0.2, -0.15) is 0 Å². The topological polar surface area (TPSA) is 23.6 Å². The van der Waals surface area contributed by atoms with Crippen LogP contribution in [0, 0.1) is 19.3 Å². The molecule has 110 valence electrons. The summed E-state index contributed by atoms with van der Waals surface area (Å²) in [4.78, 5) is 15.9. The number of anilines is 1. The maximum absolute atomic E-state index is 11.0. The molecule has 0 radical (unpaired) electrons. The first-order chi connectivity index (χ1) is 9.43. The molecule has 1 saturated heterocycles. The minimum Gasteiger partial charge on any atom is -0.369 e. The van der Waals surface area contributed by atoms with Gasteiger partial charge in [-0.05, 0) is 31.0 Å². The van der Waals surface area contributed by atoms with Crippen LogP contribution in [-0.4, -0.2) is 43.9 Å². The first-order valence-corrected chi connectivity index (χ1v) is 7.43. The zero-order chi connectivity index (χ0) is 14.8. The molecular weight excluding hydrogens is 248 g/mol. The molecule has 0 N–H and O–H groups in total. The number of hydrogen-bond donors (Lipinski definition) is 0. The van der Waals surface area contributed by atoms with Crippen molar-refractivity contribution in [3.8, 4) is 0 Å². The number of aldehydes is 1. The van der Waals surface area contributed by atoms with Crippen LogP contribution in [0.1, 0.15) is 25.0 Å². The number of nitrogens with zero attached hydrogens (tertiary/aromatic N) is 2. The molecule has 1 aromatic carbocycles. The minimum absolute atomic E-state index is 0.235. The van der Waals surface area contributed by atoms with E-state index in [2.05, 4.69) is 41.8 Å². The highest BCUT2D eigenvalue weighted by Crippen LogP contribution is 2.24. The van der Waals surface area contributed by atoms with Gasteiger partial charge >= 0.3 is 0 Å². The van der Waals surface area contributed by atoms with Gasteiger partial charge in [0.15, 0.2) is 0 Å². The molecule has 0 bridgehead atoms. The van der Waals surface area contributed by atoms with E-state index in [4.69, 9.17) is 0 Å². The van der Waals surface area contributed by atoms with Gasteiger partial charge in [0, 0.05) is 43.8 Å². The summed E-state index contributed by atoms with van der Waals surface area (Å²) in [5, 5.41) is 0. The summed E-state index contributed by atoms with van der Waals surface area (Å²) < 4.78 is 0. The summed E-state index contributed by atoms with van der Waals surface area (Å²) in [6.07, 6.45) is 1.07. The summed E-state index contributed by atoms with van der Waals surface area (Å²) in [7, 11) is 0. The van der Waals surface area contributed by atoms with Crippen molar-refractivity contribution in [1.82, 2.24) is 4.90 Å². The summed E-state index contributed by atoms with van der Waals surface area (Å²) in [5.74, 6) is 0. The smallest absolute Gasteiger partial charge is 0.126 e. The molecule has 0 aromatic heterocycles. The van der Waals surface area contributed by atoms with E-state index in [-0.39, 0.29) is 5.41 Å². The highest BCUT2D eigenvalue weighted by Gasteiger charge is 2.24. The molecule has 0 atom stereocenters. The minimum atomic E-state index is -0.235. The zero-order valence-corrected chi connectivity index (χ0v) is 13.1. The van der Waals surface area contributed by atoms with Gasteiger partial charge in [0.2, 0.25) is 0 Å². The molecule has 2 rings (SSSR count). The van der Waals surface area contributed by atoms with Crippen molar-refractivity contribution < 1.29 is 4.79 Å². The van der Waals surface area contributed by atoms with Gasteiger partial charge in [-0.25, -0.2) is 0 Å². The summed E-state index contributed by atoms with van der Waals surface area (Å²) in [6.45, 7) is 13.4. The molecule has 0 saturated carbocycles. The first-order valence-electron chi connectivity index (χ1n) is 7.43. The molecule has 0 aliphatic carbocycles. The van der Waals surface area contributed by atoms with Gasteiger partial charge in [-0.15, -0.1) is 0 Å². The maximum Gasteiger partial charge on any atom is 0.126 e. The molecule has 20 heavy (non-hydrogen) atoms. The zero-order valence-electron chi connectivity index (χ0n) is 13.1. The van der Waals surface area contributed by atoms with Crippen LogP contribution in [0.5, 0.6) is 0 Å². The van der Waals surface area contributed by atoms with E-state index >= 15 is 0 Å². The SMILES string of the molecule is Cc1cccc(N2CCN(CC(C)(C)C=O)CC2)c1C. The van der Waals surface area contributed by atoms with Crippen molar-refractivity contribution in [2.45, 2.75) is 27.7 Å². The Morgan fingerprint density at radius 2 is 1.80 bits per heavy atom. The van der Waals surface area contributed by atoms with Gasteiger partial charge < -0.3 is 9.69 Å². The molecule has 3 heteroatoms. The third kappa shape index (κ3) is 3.40. The second-order valence-corrected chi connectivity index (χ2v) is 6.59. The standard InChI is InChI=1S/C17H26N2O/c1-14-6-5-7-16(15(14)2)19-10-8-18(9-11-19)12-17(3,4)13-20/h5-7,13H,8-12H2,1-4H3. The van der Waals surface area contributed by atoms with Crippen molar-refractivity contribution in [3.63, 3.8) is 0 Å². The first kappa shape index (κ1) is 15.0. The normalized spacial score (nSPS) is 17.3. The fourth-order valence-corrected chi connectivity index (χ4v) is 2.84. The third-order valence-electron chi connectivity index (χ3n) is 4.24. The molecule has 1 aliphatic rings. The lowest BCUT2D eigenvalue weighted by atomic mass is 9.95. The molecule has 3 nitrogen and oxygen atoms in total. The van der Waals surface area contributed by atoms with Gasteiger partial charge in [-0.3, -0.25) is 4.90 Å². The molecule has 1 aliphatic heterocycles. The second-order valence-electron chi connectivity index (χ2n) is 6.59. The van der Waals surface area contributed by atoms with Crippen LogP contribution in [0.4, 0.5) is 5.69 Å². The number of benzene rings is 1. The van der Waals surface area contributed by atoms with E-state index in [1.54, 1.807) is 0 Å². The van der Waals surface area contributed by atoms with Gasteiger partial charge in [0.25, 0.3) is 0 Å². The Morgan fingerprint density at radius 3 is 2.40 bits per heavy atom. The van der Waals surface area contributed by atoms with Crippen molar-refractivity contribution >= 4 is 12.0 Å². The van der Waals surface area contributed by atoms with E-state index in [9.17, 15) is 4.79 Å². The van der Waals surface area contributed by atoms with E-state index in [0.717, 1.165) is 39.0 Å². The lowest BCUT2D eigenvalue weighted by Gasteiger charge is -2.39. The van der Waals surface area contributed by atoms with Gasteiger partial charge in [0.1, 0.15) is 6.29 Å². The van der Waals surface area contributed by atoms with Gasteiger partial charge in [0.05, 0.1) is 0 Å². The summed E-state index contributed by atoms with van der Waals surface area (Å²) >= 11 is 0. The number of aryl methyl sites for hydroxylation is 1. The molecule has 0 unspecified atom stereocenters. The van der Waals surface area contributed by atoms with E-state index in [0.29, 0.717) is 0 Å². The predicted octanol–water partition coefficient (Wildman–Crippen LogP) is 2.65. The number of carbonyl (C=O) groups is 1. The highest BCUT2D eigenvalue weighted by atomic mass is 16.1. The van der Waals surface area contributed by atoms with E-state index in [1.165, 1.54) is 16.8 Å². The molecule has 1 fully saturated rings. The van der Waals surface area contributed by atoms with E-state index in [1.807, 2.05) is 13.8 Å². The lowest BCUT2D eigenvalue weighted by molar-refractivity contribution is -0.115. The van der Waals surface area contributed by atoms with Crippen LogP contribution in [0.15, 0.2) is 18.2 Å². The second kappa shape index (κ2) is 5.96. The maximum atomic E-state index is 11.0. The largest absolute Gasteiger partial charge is 0.369 e. The van der Waals surface area contributed by atoms with Crippen LogP contribution < -0.4 is 4.90 Å². The third-order valence-corrected chi connectivity index (χ3v) is 4.24. The van der Waals surface area contributed by atoms with Crippen LogP contribution >= 0.6 is 0 Å². The van der Waals surface area contributed by atoms with Crippen molar-refractivity contribution in [2.24, 2.45) is 5.41 Å². The molecule has 1 heterocycles. The Balaban J connectivity index is 1.98. The highest BCUT2D eigenvalue weighted by molar-refractivity contribution is 5.58. The van der Waals surface area contributed by atoms with Crippen LogP contribution in [0.3, 0.4) is 0 Å². The fraction of sp³-hybridized carbons (Fsp3) is 0.588. The molecule has 0 spiro atoms. The number of hydrogen-bond acceptors (Lipinski definition) is 3. The Morgan fingerprint density at radius 1 is 1.15 bits per heavy atom. The average Bonchev–Trinajstić information content (AvgIpc) is 2.43. The number of carbonyl (C=O) groups excluding carboxylic acids is 1. The van der Waals surface area contributed by atoms with Crippen molar-refractivity contribution in [3.05, 3.63) is 29.3 Å². The Kier molecular flexibility index (Phi) is 4.48. The fourth-order valence-electron chi connectivity index (χ4n) is 2.84. The van der Waals surface area contributed by atoms with Gasteiger partial charge in [-0.1, -0.05) is 26.0 Å². The number of rotatable bonds is 4. The number of piperazine rings is 1. The summed E-state index contributed by atoms with van der Waals surface area (Å²) in [6, 6.07) is 6.52. The lowest BCUT2D eigenvalue weighted by Crippen LogP contribution is -2.49. The predicted molar refractivity (Wildman–Crippen MR) is 84.4 cm³/mol. The quantitative estimate of drug-likeness (QED) is 0.789. The van der Waals surface area contributed by atoms with Crippen LogP contribution in [-0.2, 0) is 4.79 Å². The van der Waals surface area contributed by atoms with Crippen molar-refractivity contribution in [1.29, 1.82) is 0 Å².